The molecule has 0 fully saturated rings. The van der Waals surface area contributed by atoms with Crippen LogP contribution >= 0.6 is 11.3 Å². The minimum atomic E-state index is -0.151. The third-order valence-corrected chi connectivity index (χ3v) is 6.37. The van der Waals surface area contributed by atoms with Crippen LogP contribution in [0.4, 0.5) is 0 Å². The van der Waals surface area contributed by atoms with E-state index >= 15 is 0 Å². The molecule has 0 spiro atoms. The lowest BCUT2D eigenvalue weighted by atomic mass is 9.94. The lowest BCUT2D eigenvalue weighted by Gasteiger charge is -2.30. The lowest BCUT2D eigenvalue weighted by molar-refractivity contribution is -0.671. The summed E-state index contributed by atoms with van der Waals surface area (Å²) < 4.78 is 7.81. The van der Waals surface area contributed by atoms with Gasteiger partial charge in [0.15, 0.2) is 5.65 Å². The molecule has 2 N–H and O–H groups in total. The Balaban J connectivity index is 1.38. The van der Waals surface area contributed by atoms with Crippen molar-refractivity contribution in [1.82, 2.24) is 19.6 Å². The molecule has 0 radical (unpaired) electrons. The first kappa shape index (κ1) is 17.7. The molecule has 0 saturated carbocycles. The predicted octanol–water partition coefficient (Wildman–Crippen LogP) is 2.50. The van der Waals surface area contributed by atoms with Crippen LogP contribution in [0.25, 0.3) is 15.9 Å². The van der Waals surface area contributed by atoms with E-state index in [1.165, 1.54) is 16.0 Å². The zero-order valence-electron chi connectivity index (χ0n) is 16.2. The third-order valence-electron chi connectivity index (χ3n) is 5.26. The van der Waals surface area contributed by atoms with E-state index in [1.54, 1.807) is 17.7 Å². The standard InChI is InChI=1S/C21H23N5OS/c1-21(2)10-15-16(12-27-21)28-20-18(15)19-24-17(25-26(19)13-23-20)11-22-9-8-14-6-4-3-5-7-14/h3-7,13,22H,8-12H2,1-2H3/p+1. The van der Waals surface area contributed by atoms with Crippen molar-refractivity contribution >= 4 is 27.2 Å². The van der Waals surface area contributed by atoms with E-state index in [2.05, 4.69) is 59.6 Å². The molecular weight excluding hydrogens is 370 g/mol. The largest absolute Gasteiger partial charge is 0.370 e. The van der Waals surface area contributed by atoms with Gasteiger partial charge >= 0.3 is 0 Å². The molecule has 1 aliphatic rings. The zero-order valence-corrected chi connectivity index (χ0v) is 17.0. The number of fused-ring (bicyclic) bond motifs is 5. The number of hydrogen-bond donors (Lipinski definition) is 1. The van der Waals surface area contributed by atoms with Crippen LogP contribution in [-0.4, -0.2) is 31.7 Å². The third kappa shape index (κ3) is 3.30. The van der Waals surface area contributed by atoms with Crippen LogP contribution in [0, 0.1) is 0 Å². The summed E-state index contributed by atoms with van der Waals surface area (Å²) in [7, 11) is 0. The number of ether oxygens (including phenoxy) is 1. The van der Waals surface area contributed by atoms with Gasteiger partial charge in [-0.3, -0.25) is 0 Å². The van der Waals surface area contributed by atoms with Gasteiger partial charge in [-0.05, 0) is 25.0 Å². The van der Waals surface area contributed by atoms with Crippen molar-refractivity contribution < 1.29 is 10.1 Å². The average molecular weight is 395 g/mol. The van der Waals surface area contributed by atoms with Crippen molar-refractivity contribution in [3.8, 4) is 0 Å². The molecule has 0 atom stereocenters. The molecule has 144 valence electrons. The monoisotopic (exact) mass is 394 g/mol. The molecule has 4 heterocycles. The van der Waals surface area contributed by atoms with E-state index in [9.17, 15) is 0 Å². The van der Waals surface area contributed by atoms with E-state index in [1.807, 2.05) is 4.52 Å². The minimum absolute atomic E-state index is 0.151. The Morgan fingerprint density at radius 2 is 2.11 bits per heavy atom. The second-order valence-electron chi connectivity index (χ2n) is 7.97. The molecular formula is C21H24N5OS+. The maximum atomic E-state index is 5.98. The van der Waals surface area contributed by atoms with Gasteiger partial charge in [0.05, 0.1) is 24.1 Å². The molecule has 1 aromatic carbocycles. The number of quaternary nitrogens is 1. The second kappa shape index (κ2) is 6.92. The van der Waals surface area contributed by atoms with Crippen LogP contribution in [0.1, 0.15) is 35.7 Å². The van der Waals surface area contributed by atoms with Gasteiger partial charge in [0, 0.05) is 17.7 Å². The first-order valence-electron chi connectivity index (χ1n) is 9.73. The van der Waals surface area contributed by atoms with Crippen LogP contribution in [0.3, 0.4) is 0 Å². The van der Waals surface area contributed by atoms with Gasteiger partial charge in [-0.1, -0.05) is 30.3 Å². The number of nitrogens with two attached hydrogens (primary N) is 1. The maximum absolute atomic E-state index is 5.98. The summed E-state index contributed by atoms with van der Waals surface area (Å²) in [6, 6.07) is 10.6. The van der Waals surface area contributed by atoms with E-state index in [0.717, 1.165) is 47.6 Å². The Kier molecular flexibility index (Phi) is 4.38. The Morgan fingerprint density at radius 3 is 2.96 bits per heavy atom. The Morgan fingerprint density at radius 1 is 1.25 bits per heavy atom. The summed E-state index contributed by atoms with van der Waals surface area (Å²) in [4.78, 5) is 11.8. The summed E-state index contributed by atoms with van der Waals surface area (Å²) >= 11 is 1.72. The molecule has 6 nitrogen and oxygen atoms in total. The minimum Gasteiger partial charge on any atom is -0.370 e. The zero-order chi connectivity index (χ0) is 19.1. The number of hydrogen-bond acceptors (Lipinski definition) is 5. The molecule has 4 aromatic rings. The van der Waals surface area contributed by atoms with Gasteiger partial charge in [0.2, 0.25) is 5.82 Å². The van der Waals surface area contributed by atoms with Gasteiger partial charge in [0.1, 0.15) is 17.7 Å². The Bertz CT molecular complexity index is 1130. The smallest absolute Gasteiger partial charge is 0.206 e. The van der Waals surface area contributed by atoms with Crippen LogP contribution < -0.4 is 5.32 Å². The molecule has 3 aromatic heterocycles. The van der Waals surface area contributed by atoms with Crippen LogP contribution in [0.5, 0.6) is 0 Å². The fourth-order valence-electron chi connectivity index (χ4n) is 3.82. The van der Waals surface area contributed by atoms with Gasteiger partial charge in [-0.2, -0.15) is 0 Å². The van der Waals surface area contributed by atoms with Gasteiger partial charge in [0.25, 0.3) is 0 Å². The number of rotatable bonds is 5. The Hall–Kier alpha value is -2.35. The van der Waals surface area contributed by atoms with Gasteiger partial charge < -0.3 is 10.1 Å². The summed E-state index contributed by atoms with van der Waals surface area (Å²) in [6.07, 6.45) is 3.72. The van der Waals surface area contributed by atoms with Crippen LogP contribution in [0.2, 0.25) is 0 Å². The summed E-state index contributed by atoms with van der Waals surface area (Å²) in [5.74, 6) is 0.855. The van der Waals surface area contributed by atoms with E-state index in [4.69, 9.17) is 9.72 Å². The SMILES string of the molecule is CC1(C)Cc2c(sc3ncn4nc(C[NH2+]CCc5ccccc5)nc4c23)CO1. The van der Waals surface area contributed by atoms with Crippen molar-refractivity contribution in [2.75, 3.05) is 6.54 Å². The number of benzene rings is 1. The molecule has 5 rings (SSSR count). The van der Waals surface area contributed by atoms with Crippen molar-refractivity contribution in [2.45, 2.75) is 45.4 Å². The highest BCUT2D eigenvalue weighted by Gasteiger charge is 2.30. The molecule has 28 heavy (non-hydrogen) atoms. The number of thiophene rings is 1. The molecule has 1 aliphatic heterocycles. The van der Waals surface area contributed by atoms with E-state index in [0.29, 0.717) is 6.61 Å². The first-order chi connectivity index (χ1) is 13.6. The summed E-state index contributed by atoms with van der Waals surface area (Å²) in [5, 5.41) is 8.08. The Labute approximate surface area is 167 Å². The van der Waals surface area contributed by atoms with Crippen molar-refractivity contribution in [3.63, 3.8) is 0 Å². The summed E-state index contributed by atoms with van der Waals surface area (Å²) in [6.45, 7) is 6.74. The van der Waals surface area contributed by atoms with Crippen molar-refractivity contribution in [3.05, 3.63) is 58.5 Å². The molecule has 0 saturated heterocycles. The first-order valence-corrected chi connectivity index (χ1v) is 10.5. The fourth-order valence-corrected chi connectivity index (χ4v) is 4.88. The highest BCUT2D eigenvalue weighted by molar-refractivity contribution is 7.19. The lowest BCUT2D eigenvalue weighted by Crippen LogP contribution is -2.83. The molecule has 0 amide bonds. The average Bonchev–Trinajstić information content (AvgIpc) is 3.25. The van der Waals surface area contributed by atoms with E-state index < -0.39 is 0 Å². The molecule has 7 heteroatoms. The van der Waals surface area contributed by atoms with Crippen molar-refractivity contribution in [1.29, 1.82) is 0 Å². The van der Waals surface area contributed by atoms with Crippen LogP contribution in [0.15, 0.2) is 36.7 Å². The highest BCUT2D eigenvalue weighted by atomic mass is 32.1. The maximum Gasteiger partial charge on any atom is 0.206 e. The fraction of sp³-hybridized carbons (Fsp3) is 0.381. The van der Waals surface area contributed by atoms with Gasteiger partial charge in [-0.15, -0.1) is 16.4 Å². The number of aromatic nitrogens is 4. The van der Waals surface area contributed by atoms with Crippen LogP contribution in [-0.2, 0) is 30.7 Å². The highest BCUT2D eigenvalue weighted by Crippen LogP contribution is 2.39. The number of nitrogens with zero attached hydrogens (tertiary/aromatic N) is 4. The molecule has 0 unspecified atom stereocenters. The topological polar surface area (TPSA) is 68.9 Å². The van der Waals surface area contributed by atoms with Gasteiger partial charge in [-0.25, -0.2) is 14.5 Å². The summed E-state index contributed by atoms with van der Waals surface area (Å²) in [5.41, 5.74) is 3.47. The molecule has 0 bridgehead atoms. The van der Waals surface area contributed by atoms with Crippen molar-refractivity contribution in [2.24, 2.45) is 0 Å². The second-order valence-corrected chi connectivity index (χ2v) is 9.05. The predicted molar refractivity (Wildman–Crippen MR) is 109 cm³/mol. The van der Waals surface area contributed by atoms with E-state index in [-0.39, 0.29) is 5.60 Å². The normalized spacial score (nSPS) is 15.9. The molecule has 0 aliphatic carbocycles. The quantitative estimate of drug-likeness (QED) is 0.528.